The third-order valence-electron chi connectivity index (χ3n) is 9.60. The van der Waals surface area contributed by atoms with Gasteiger partial charge in [-0.3, -0.25) is 9.36 Å². The third kappa shape index (κ3) is 6.98. The van der Waals surface area contributed by atoms with E-state index >= 15 is 4.79 Å². The van der Waals surface area contributed by atoms with Crippen LogP contribution >= 0.6 is 0 Å². The lowest BCUT2D eigenvalue weighted by Gasteiger charge is -2.30. The van der Waals surface area contributed by atoms with Gasteiger partial charge in [0, 0.05) is 6.93 Å². The van der Waals surface area contributed by atoms with E-state index in [1.807, 2.05) is 47.6 Å². The molecule has 10 heteroatoms. The number of para-hydroxylation sites is 3. The number of hydrogen-bond donors (Lipinski definition) is 1. The summed E-state index contributed by atoms with van der Waals surface area (Å²) in [5.41, 5.74) is 1.17. The molecule has 1 N–H and O–H groups in total. The second-order valence-corrected chi connectivity index (χ2v) is 15.6. The maximum atomic E-state index is 15.7. The van der Waals surface area contributed by atoms with Gasteiger partial charge in [0.15, 0.2) is 0 Å². The van der Waals surface area contributed by atoms with Gasteiger partial charge < -0.3 is 14.4 Å². The van der Waals surface area contributed by atoms with Gasteiger partial charge in [0.05, 0.1) is 40.3 Å². The fourth-order valence-corrected chi connectivity index (χ4v) is 6.90. The summed E-state index contributed by atoms with van der Waals surface area (Å²) in [4.78, 5) is 39.0. The van der Waals surface area contributed by atoms with Crippen LogP contribution in [0, 0.1) is 5.82 Å². The average molecular weight is 752 g/mol. The lowest BCUT2D eigenvalue weighted by Crippen LogP contribution is -2.29. The number of nitrogens with zero attached hydrogens (tertiary/aromatic N) is 4. The summed E-state index contributed by atoms with van der Waals surface area (Å²) in [5.74, 6) is -3.24. The Morgan fingerprint density at radius 1 is 0.839 bits per heavy atom. The van der Waals surface area contributed by atoms with Gasteiger partial charge in [-0.25, -0.2) is 14.2 Å². The fourth-order valence-electron chi connectivity index (χ4n) is 6.90. The lowest BCUT2D eigenvalue weighted by molar-refractivity contribution is 0.0526. The molecule has 0 radical (unpaired) electrons. The quantitative estimate of drug-likeness (QED) is 0.152. The molecular formula is C46H43FN4O5. The van der Waals surface area contributed by atoms with E-state index in [4.69, 9.17) is 14.2 Å². The molecule has 1 unspecified atom stereocenters. The maximum absolute atomic E-state index is 15.7. The Balaban J connectivity index is 1.61. The molecule has 0 bridgehead atoms. The number of ether oxygens (including phenoxy) is 1. The molecule has 9 nitrogen and oxygen atoms in total. The van der Waals surface area contributed by atoms with Gasteiger partial charge in [-0.15, -0.1) is 0 Å². The summed E-state index contributed by atoms with van der Waals surface area (Å²) in [6.07, 6.45) is 0. The Morgan fingerprint density at radius 3 is 2.12 bits per heavy atom. The Hall–Kier alpha value is -6.42. The van der Waals surface area contributed by atoms with Crippen LogP contribution in [-0.4, -0.2) is 37.4 Å². The van der Waals surface area contributed by atoms with Crippen molar-refractivity contribution in [2.24, 2.45) is 0 Å². The van der Waals surface area contributed by atoms with Crippen molar-refractivity contribution in [1.82, 2.24) is 19.7 Å². The predicted molar refractivity (Wildman–Crippen MR) is 215 cm³/mol. The van der Waals surface area contributed by atoms with E-state index in [-0.39, 0.29) is 52.1 Å². The fraction of sp³-hybridized carbons (Fsp3) is 0.239. The summed E-state index contributed by atoms with van der Waals surface area (Å²) in [6.45, 7) is 13.6. The highest BCUT2D eigenvalue weighted by molar-refractivity contribution is 5.98. The van der Waals surface area contributed by atoms with Crippen LogP contribution in [0.1, 0.15) is 94.0 Å². The number of aromatic hydroxyl groups is 1. The Labute approximate surface area is 325 Å². The monoisotopic (exact) mass is 751 g/mol. The highest BCUT2D eigenvalue weighted by atomic mass is 19.1. The van der Waals surface area contributed by atoms with Gasteiger partial charge in [-0.1, -0.05) is 119 Å². The van der Waals surface area contributed by atoms with Crippen LogP contribution in [0.2, 0.25) is 0 Å². The first-order valence-corrected chi connectivity index (χ1v) is 18.4. The number of rotatable bonds is 8. The molecule has 7 rings (SSSR count). The molecule has 0 fully saturated rings. The number of benzene rings is 5. The molecule has 0 aliphatic heterocycles. The van der Waals surface area contributed by atoms with Crippen LogP contribution < -0.4 is 5.56 Å². The number of hydrogen-bond acceptors (Lipinski definition) is 8. The molecular weight excluding hydrogens is 708 g/mol. The number of phenolic OH excluding ortho intramolecular Hbond substituents is 1. The van der Waals surface area contributed by atoms with E-state index in [0.717, 1.165) is 0 Å². The van der Waals surface area contributed by atoms with Gasteiger partial charge in [-0.2, -0.15) is 4.98 Å². The lowest BCUT2D eigenvalue weighted by atomic mass is 9.75. The number of esters is 1. The minimum absolute atomic E-state index is 0.0148. The molecule has 2 aromatic heterocycles. The minimum Gasteiger partial charge on any atom is -0.507 e. The van der Waals surface area contributed by atoms with Crippen molar-refractivity contribution in [3.8, 4) is 34.3 Å². The summed E-state index contributed by atoms with van der Waals surface area (Å²) < 4.78 is 37.9. The molecule has 7 aromatic rings. The zero-order valence-electron chi connectivity index (χ0n) is 33.3. The molecule has 0 amide bonds. The molecule has 0 saturated carbocycles. The van der Waals surface area contributed by atoms with Crippen molar-refractivity contribution in [1.29, 1.82) is 0 Å². The molecule has 5 aromatic carbocycles. The van der Waals surface area contributed by atoms with E-state index in [9.17, 15) is 15.7 Å². The van der Waals surface area contributed by atoms with Gasteiger partial charge in [0.25, 0.3) is 11.4 Å². The van der Waals surface area contributed by atoms with E-state index in [1.54, 1.807) is 91.9 Å². The second kappa shape index (κ2) is 14.7. The summed E-state index contributed by atoms with van der Waals surface area (Å²) in [7, 11) is 0. The maximum Gasteiger partial charge on any atom is 0.340 e. The minimum atomic E-state index is -1.96. The first-order valence-electron chi connectivity index (χ1n) is 18.9. The van der Waals surface area contributed by atoms with Gasteiger partial charge in [-0.05, 0) is 76.4 Å². The van der Waals surface area contributed by atoms with Crippen LogP contribution in [-0.2, 0) is 15.6 Å². The van der Waals surface area contributed by atoms with E-state index in [0.29, 0.717) is 33.3 Å². The van der Waals surface area contributed by atoms with E-state index in [2.05, 4.69) is 10.1 Å². The Bertz CT molecular complexity index is 2680. The summed E-state index contributed by atoms with van der Waals surface area (Å²) in [6, 6.07) is 30.2. The first kappa shape index (κ1) is 36.6. The SMILES string of the molecule is [2H]C(c1ccccc1)(c1cc(C(C)(C)C)c(O)c(C(C)(C)C)c1)c1nc2ccccc2n(-c2c(C(=O)OCC)cccc2-c2noc(-c3ccccc3F)n2)c1=O. The Kier molecular flexibility index (Phi) is 9.58. The second-order valence-electron chi connectivity index (χ2n) is 15.6. The van der Waals surface area contributed by atoms with Crippen LogP contribution in [0.25, 0.3) is 39.6 Å². The van der Waals surface area contributed by atoms with E-state index < -0.39 is 34.1 Å². The van der Waals surface area contributed by atoms with Gasteiger partial charge in [0.2, 0.25) is 5.82 Å². The van der Waals surface area contributed by atoms with Crippen molar-refractivity contribution in [2.45, 2.75) is 65.2 Å². The largest absolute Gasteiger partial charge is 0.507 e. The molecule has 0 saturated heterocycles. The van der Waals surface area contributed by atoms with Crippen molar-refractivity contribution < 1.29 is 24.9 Å². The molecule has 0 spiro atoms. The summed E-state index contributed by atoms with van der Waals surface area (Å²) >= 11 is 0. The van der Waals surface area contributed by atoms with E-state index in [1.165, 1.54) is 22.8 Å². The van der Waals surface area contributed by atoms with Crippen LogP contribution in [0.5, 0.6) is 5.75 Å². The number of fused-ring (bicyclic) bond motifs is 1. The molecule has 284 valence electrons. The van der Waals surface area contributed by atoms with Crippen molar-refractivity contribution in [3.05, 3.63) is 159 Å². The summed E-state index contributed by atoms with van der Waals surface area (Å²) in [5, 5.41) is 15.9. The molecule has 56 heavy (non-hydrogen) atoms. The average Bonchev–Trinajstić information content (AvgIpc) is 3.67. The first-order chi connectivity index (χ1) is 27.0. The molecule has 0 aliphatic rings. The van der Waals surface area contributed by atoms with Crippen molar-refractivity contribution >= 4 is 17.0 Å². The molecule has 2 heterocycles. The third-order valence-corrected chi connectivity index (χ3v) is 9.60. The molecule has 1 atom stereocenters. The number of aromatic nitrogens is 4. The zero-order valence-corrected chi connectivity index (χ0v) is 32.3. The highest BCUT2D eigenvalue weighted by Crippen LogP contribution is 2.43. The number of halogens is 1. The van der Waals surface area contributed by atoms with Crippen LogP contribution in [0.15, 0.2) is 119 Å². The highest BCUT2D eigenvalue weighted by Gasteiger charge is 2.33. The van der Waals surface area contributed by atoms with Crippen molar-refractivity contribution in [2.75, 3.05) is 6.61 Å². The predicted octanol–water partition coefficient (Wildman–Crippen LogP) is 9.90. The number of carbonyl (C=O) groups is 1. The standard InChI is InChI=1S/C46H43FN4O5/c1-8-55-44(54)31-21-16-20-30(41-49-42(56-50-41)29-19-12-13-22-34(29)47)39(31)51-36-24-15-14-23-35(36)48-38(43(51)53)37(27-17-10-9-11-18-27)28-25-32(45(2,3)4)40(52)33(26-28)46(5,6)7/h9-26,37,52H,8H2,1-7H3/i37D. The van der Waals surface area contributed by atoms with Crippen LogP contribution in [0.4, 0.5) is 4.39 Å². The molecule has 0 aliphatic carbocycles. The topological polar surface area (TPSA) is 120 Å². The normalized spacial score (nSPS) is 13.3. The zero-order chi connectivity index (χ0) is 40.9. The number of carbonyl (C=O) groups excluding carboxylic acids is 1. The Morgan fingerprint density at radius 2 is 1.46 bits per heavy atom. The van der Waals surface area contributed by atoms with Crippen LogP contribution in [0.3, 0.4) is 0 Å². The van der Waals surface area contributed by atoms with Gasteiger partial charge >= 0.3 is 5.97 Å². The smallest absolute Gasteiger partial charge is 0.340 e. The van der Waals surface area contributed by atoms with Gasteiger partial charge in [0.1, 0.15) is 17.3 Å². The number of phenols is 1. The van der Waals surface area contributed by atoms with Crippen molar-refractivity contribution in [3.63, 3.8) is 0 Å².